The van der Waals surface area contributed by atoms with Crippen molar-refractivity contribution in [2.24, 2.45) is 0 Å². The van der Waals surface area contributed by atoms with E-state index >= 15 is 0 Å². The summed E-state index contributed by atoms with van der Waals surface area (Å²) in [4.78, 5) is 25.8. The average Bonchev–Trinajstić information content (AvgIpc) is 2.49. The van der Waals surface area contributed by atoms with Gasteiger partial charge in [0.1, 0.15) is 18.1 Å². The Bertz CT molecular complexity index is 604. The van der Waals surface area contributed by atoms with Crippen LogP contribution in [0.3, 0.4) is 0 Å². The molecule has 0 atom stereocenters. The van der Waals surface area contributed by atoms with Gasteiger partial charge in [0, 0.05) is 5.69 Å². The highest BCUT2D eigenvalue weighted by Gasteiger charge is 2.16. The van der Waals surface area contributed by atoms with Crippen LogP contribution in [0.15, 0.2) is 12.1 Å². The monoisotopic (exact) mass is 257 g/mol. The Morgan fingerprint density at radius 3 is 2.71 bits per heavy atom. The van der Waals surface area contributed by atoms with Crippen molar-refractivity contribution in [3.05, 3.63) is 23.7 Å². The van der Waals surface area contributed by atoms with E-state index in [1.54, 1.807) is 13.0 Å². The second-order valence-corrected chi connectivity index (χ2v) is 4.87. The molecule has 2 rings (SSSR count). The Labute approximate surface area is 97.3 Å². The van der Waals surface area contributed by atoms with Crippen LogP contribution in [0, 0.1) is 13.8 Å². The van der Waals surface area contributed by atoms with Crippen LogP contribution in [-0.2, 0) is 15.8 Å². The summed E-state index contributed by atoms with van der Waals surface area (Å²) in [5, 5.41) is 0. The van der Waals surface area contributed by atoms with Crippen LogP contribution in [-0.4, -0.2) is 24.3 Å². The SMILES string of the molecule is Cc1ccc2nc(C)n(COP(=O)(O)O)c2n1. The summed E-state index contributed by atoms with van der Waals surface area (Å²) < 4.78 is 16.6. The molecule has 0 aromatic carbocycles. The summed E-state index contributed by atoms with van der Waals surface area (Å²) in [6, 6.07) is 3.63. The summed E-state index contributed by atoms with van der Waals surface area (Å²) in [5.41, 5.74) is 2.02. The molecule has 2 aromatic heterocycles. The van der Waals surface area contributed by atoms with Gasteiger partial charge in [-0.3, -0.25) is 9.09 Å². The standard InChI is InChI=1S/C9H12N3O4P/c1-6-3-4-8-9(10-6)12(7(2)11-8)5-16-17(13,14)15/h3-4H,5H2,1-2H3,(H2,13,14,15). The Balaban J connectivity index is 2.42. The van der Waals surface area contributed by atoms with E-state index in [0.717, 1.165) is 5.69 Å². The van der Waals surface area contributed by atoms with Gasteiger partial charge in [0.25, 0.3) is 0 Å². The van der Waals surface area contributed by atoms with E-state index in [1.165, 1.54) is 4.57 Å². The van der Waals surface area contributed by atoms with E-state index in [9.17, 15) is 4.57 Å². The Morgan fingerprint density at radius 1 is 1.35 bits per heavy atom. The lowest BCUT2D eigenvalue weighted by Gasteiger charge is -2.08. The lowest BCUT2D eigenvalue weighted by atomic mass is 10.3. The summed E-state index contributed by atoms with van der Waals surface area (Å²) in [5.74, 6) is 0.589. The number of hydrogen-bond acceptors (Lipinski definition) is 4. The van der Waals surface area contributed by atoms with Crippen LogP contribution < -0.4 is 0 Å². The second-order valence-electron chi connectivity index (χ2n) is 3.63. The number of rotatable bonds is 3. The Morgan fingerprint density at radius 2 is 2.06 bits per heavy atom. The van der Waals surface area contributed by atoms with Gasteiger partial charge < -0.3 is 9.79 Å². The normalized spacial score (nSPS) is 12.2. The minimum atomic E-state index is -4.49. The van der Waals surface area contributed by atoms with Crippen LogP contribution in [0.5, 0.6) is 0 Å². The first kappa shape index (κ1) is 12.2. The minimum absolute atomic E-state index is 0.275. The topological polar surface area (TPSA) is 97.5 Å². The number of phosphoric acid groups is 1. The van der Waals surface area contributed by atoms with Crippen LogP contribution in [0.4, 0.5) is 0 Å². The maximum Gasteiger partial charge on any atom is 0.471 e. The number of imidazole rings is 1. The van der Waals surface area contributed by atoms with Gasteiger partial charge in [0.05, 0.1) is 0 Å². The molecule has 0 radical (unpaired) electrons. The molecular formula is C9H12N3O4P. The van der Waals surface area contributed by atoms with Crippen molar-refractivity contribution in [3.63, 3.8) is 0 Å². The molecule has 17 heavy (non-hydrogen) atoms. The third kappa shape index (κ3) is 2.70. The highest BCUT2D eigenvalue weighted by atomic mass is 31.2. The van der Waals surface area contributed by atoms with Gasteiger partial charge in [-0.1, -0.05) is 0 Å². The summed E-state index contributed by atoms with van der Waals surface area (Å²) in [7, 11) is -4.49. The van der Waals surface area contributed by atoms with Gasteiger partial charge in [-0.25, -0.2) is 14.5 Å². The van der Waals surface area contributed by atoms with Crippen molar-refractivity contribution >= 4 is 19.0 Å². The number of aromatic nitrogens is 3. The van der Waals surface area contributed by atoms with E-state index in [2.05, 4.69) is 14.5 Å². The molecule has 0 unspecified atom stereocenters. The molecular weight excluding hydrogens is 245 g/mol. The van der Waals surface area contributed by atoms with Gasteiger partial charge in [-0.15, -0.1) is 0 Å². The molecule has 0 amide bonds. The zero-order chi connectivity index (χ0) is 12.6. The van der Waals surface area contributed by atoms with Crippen molar-refractivity contribution in [1.82, 2.24) is 14.5 Å². The average molecular weight is 257 g/mol. The molecule has 0 aliphatic rings. The quantitative estimate of drug-likeness (QED) is 0.799. The molecule has 92 valence electrons. The maximum atomic E-state index is 10.7. The number of nitrogens with zero attached hydrogens (tertiary/aromatic N) is 3. The number of fused-ring (bicyclic) bond motifs is 1. The molecule has 2 N–H and O–H groups in total. The summed E-state index contributed by atoms with van der Waals surface area (Å²) >= 11 is 0. The molecule has 2 aromatic rings. The fourth-order valence-electron chi connectivity index (χ4n) is 1.50. The predicted octanol–water partition coefficient (Wildman–Crippen LogP) is 1.11. The van der Waals surface area contributed by atoms with Crippen molar-refractivity contribution in [1.29, 1.82) is 0 Å². The predicted molar refractivity (Wildman–Crippen MR) is 60.1 cm³/mol. The molecule has 0 bridgehead atoms. The first-order chi connectivity index (χ1) is 7.87. The lowest BCUT2D eigenvalue weighted by Crippen LogP contribution is -2.04. The van der Waals surface area contributed by atoms with Gasteiger partial charge >= 0.3 is 7.82 Å². The van der Waals surface area contributed by atoms with E-state index in [4.69, 9.17) is 9.79 Å². The molecule has 0 saturated carbocycles. The third-order valence-electron chi connectivity index (χ3n) is 2.28. The molecule has 0 saturated heterocycles. The number of pyridine rings is 1. The molecule has 0 aliphatic heterocycles. The number of phosphoric ester groups is 1. The van der Waals surface area contributed by atoms with Gasteiger partial charge in [-0.2, -0.15) is 0 Å². The molecule has 0 spiro atoms. The van der Waals surface area contributed by atoms with E-state index < -0.39 is 7.82 Å². The highest BCUT2D eigenvalue weighted by Crippen LogP contribution is 2.36. The molecule has 0 fully saturated rings. The highest BCUT2D eigenvalue weighted by molar-refractivity contribution is 7.46. The van der Waals surface area contributed by atoms with Crippen molar-refractivity contribution in [2.75, 3.05) is 0 Å². The van der Waals surface area contributed by atoms with Crippen molar-refractivity contribution in [3.8, 4) is 0 Å². The smallest absolute Gasteiger partial charge is 0.303 e. The van der Waals surface area contributed by atoms with Crippen molar-refractivity contribution < 1.29 is 18.9 Å². The second kappa shape index (κ2) is 4.19. The first-order valence-corrected chi connectivity index (χ1v) is 6.40. The maximum absolute atomic E-state index is 10.7. The number of aryl methyl sites for hydroxylation is 2. The zero-order valence-electron chi connectivity index (χ0n) is 9.36. The largest absolute Gasteiger partial charge is 0.471 e. The Kier molecular flexibility index (Phi) is 3.01. The molecule has 2 heterocycles. The molecule has 0 aliphatic carbocycles. The summed E-state index contributed by atoms with van der Waals surface area (Å²) in [6.07, 6.45) is 0. The third-order valence-corrected chi connectivity index (χ3v) is 2.73. The van der Waals surface area contributed by atoms with E-state index in [0.29, 0.717) is 17.0 Å². The van der Waals surface area contributed by atoms with E-state index in [-0.39, 0.29) is 6.73 Å². The zero-order valence-corrected chi connectivity index (χ0v) is 10.3. The lowest BCUT2D eigenvalue weighted by molar-refractivity contribution is 0.154. The van der Waals surface area contributed by atoms with E-state index in [1.807, 2.05) is 13.0 Å². The van der Waals surface area contributed by atoms with Gasteiger partial charge in [-0.05, 0) is 26.0 Å². The van der Waals surface area contributed by atoms with Crippen molar-refractivity contribution in [2.45, 2.75) is 20.6 Å². The van der Waals surface area contributed by atoms with Crippen LogP contribution >= 0.6 is 7.82 Å². The van der Waals surface area contributed by atoms with Crippen LogP contribution in [0.2, 0.25) is 0 Å². The molecule has 8 heteroatoms. The fourth-order valence-corrected chi connectivity index (χ4v) is 1.76. The first-order valence-electron chi connectivity index (χ1n) is 4.87. The summed E-state index contributed by atoms with van der Waals surface area (Å²) in [6.45, 7) is 3.28. The van der Waals surface area contributed by atoms with Crippen LogP contribution in [0.25, 0.3) is 11.2 Å². The minimum Gasteiger partial charge on any atom is -0.303 e. The molecule has 7 nitrogen and oxygen atoms in total. The fraction of sp³-hybridized carbons (Fsp3) is 0.333. The van der Waals surface area contributed by atoms with Crippen LogP contribution in [0.1, 0.15) is 11.5 Å². The number of hydrogen-bond donors (Lipinski definition) is 2. The van der Waals surface area contributed by atoms with Gasteiger partial charge in [0.2, 0.25) is 0 Å². The van der Waals surface area contributed by atoms with Gasteiger partial charge in [0.15, 0.2) is 5.65 Å². The Hall–Kier alpha value is -1.27.